The summed E-state index contributed by atoms with van der Waals surface area (Å²) in [5.74, 6) is 0. The van der Waals surface area contributed by atoms with Crippen molar-refractivity contribution in [3.63, 3.8) is 0 Å². The minimum atomic E-state index is -0.109. The van der Waals surface area contributed by atoms with Crippen molar-refractivity contribution in [2.75, 3.05) is 4.90 Å². The Morgan fingerprint density at radius 2 is 0.950 bits per heavy atom. The predicted octanol–water partition coefficient (Wildman–Crippen LogP) is 16.3. The molecule has 292 valence electrons. The molecule has 11 rings (SSSR count). The van der Waals surface area contributed by atoms with E-state index in [9.17, 15) is 0 Å². The second kappa shape index (κ2) is 12.9. The average Bonchev–Trinajstić information content (AvgIpc) is 3.83. The molecule has 60 heavy (non-hydrogen) atoms. The molecule has 0 saturated heterocycles. The SMILES string of the molecule is CC(C)(C)c1ccc2c(c1)C(C)(C)c1ccc(-c3ccc(N(c4ccc(-c5cccc6c5oc5ccccc56)cc4)c4ccc5c(c4)C(C)(C)c4ccccc4-5)cc3)cc1-2. The maximum atomic E-state index is 6.45. The van der Waals surface area contributed by atoms with E-state index in [1.54, 1.807) is 0 Å². The molecule has 0 radical (unpaired) electrons. The zero-order valence-electron chi connectivity index (χ0n) is 35.5. The minimum absolute atomic E-state index is 0.0469. The van der Waals surface area contributed by atoms with Gasteiger partial charge in [0.2, 0.25) is 0 Å². The molecule has 0 spiro atoms. The van der Waals surface area contributed by atoms with Crippen LogP contribution in [0, 0.1) is 0 Å². The van der Waals surface area contributed by atoms with Gasteiger partial charge in [0.1, 0.15) is 11.2 Å². The molecule has 0 unspecified atom stereocenters. The van der Waals surface area contributed by atoms with Crippen LogP contribution in [0.4, 0.5) is 17.1 Å². The van der Waals surface area contributed by atoms with Crippen LogP contribution in [0.25, 0.3) is 66.4 Å². The number of furan rings is 1. The first-order valence-electron chi connectivity index (χ1n) is 21.3. The summed E-state index contributed by atoms with van der Waals surface area (Å²) in [6.45, 7) is 16.4. The molecule has 0 fully saturated rings. The lowest BCUT2D eigenvalue weighted by atomic mass is 9.79. The van der Waals surface area contributed by atoms with E-state index in [0.29, 0.717) is 0 Å². The molecule has 0 amide bonds. The van der Waals surface area contributed by atoms with Crippen molar-refractivity contribution in [3.05, 3.63) is 198 Å². The van der Waals surface area contributed by atoms with Crippen LogP contribution in [0.2, 0.25) is 0 Å². The fourth-order valence-corrected chi connectivity index (χ4v) is 10.2. The van der Waals surface area contributed by atoms with Gasteiger partial charge in [0, 0.05) is 44.2 Å². The summed E-state index contributed by atoms with van der Waals surface area (Å²) in [7, 11) is 0. The average molecular weight is 776 g/mol. The maximum absolute atomic E-state index is 6.45. The summed E-state index contributed by atoms with van der Waals surface area (Å²) in [5.41, 5.74) is 22.1. The monoisotopic (exact) mass is 775 g/mol. The number of para-hydroxylation sites is 2. The fraction of sp³-hybridized carbons (Fsp3) is 0.172. The zero-order chi connectivity index (χ0) is 41.1. The van der Waals surface area contributed by atoms with Crippen LogP contribution in [-0.4, -0.2) is 0 Å². The number of rotatable bonds is 5. The van der Waals surface area contributed by atoms with Gasteiger partial charge >= 0.3 is 0 Å². The summed E-state index contributed by atoms with van der Waals surface area (Å²) >= 11 is 0. The van der Waals surface area contributed by atoms with Crippen molar-refractivity contribution in [3.8, 4) is 44.5 Å². The molecule has 0 bridgehead atoms. The van der Waals surface area contributed by atoms with E-state index in [4.69, 9.17) is 4.42 Å². The maximum Gasteiger partial charge on any atom is 0.143 e. The lowest BCUT2D eigenvalue weighted by Gasteiger charge is -2.28. The van der Waals surface area contributed by atoms with Gasteiger partial charge < -0.3 is 9.32 Å². The molecule has 2 nitrogen and oxygen atoms in total. The van der Waals surface area contributed by atoms with Crippen molar-refractivity contribution in [2.45, 2.75) is 64.7 Å². The normalized spacial score (nSPS) is 14.5. The van der Waals surface area contributed by atoms with Gasteiger partial charge in [-0.1, -0.05) is 170 Å². The third-order valence-electron chi connectivity index (χ3n) is 13.7. The topological polar surface area (TPSA) is 16.4 Å². The Kier molecular flexibility index (Phi) is 7.85. The first-order valence-corrected chi connectivity index (χ1v) is 21.3. The molecule has 1 aromatic heterocycles. The van der Waals surface area contributed by atoms with Gasteiger partial charge in [-0.05, 0) is 121 Å². The van der Waals surface area contributed by atoms with E-state index in [1.807, 2.05) is 12.1 Å². The van der Waals surface area contributed by atoms with E-state index in [0.717, 1.165) is 50.1 Å². The molecule has 1 heterocycles. The van der Waals surface area contributed by atoms with Crippen LogP contribution in [-0.2, 0) is 16.2 Å². The number of anilines is 3. The summed E-state index contributed by atoms with van der Waals surface area (Å²) in [6, 6.07) is 63.0. The smallest absolute Gasteiger partial charge is 0.143 e. The van der Waals surface area contributed by atoms with E-state index in [1.165, 1.54) is 61.2 Å². The molecule has 0 N–H and O–H groups in total. The third kappa shape index (κ3) is 5.47. The lowest BCUT2D eigenvalue weighted by molar-refractivity contribution is 0.584. The molecule has 9 aromatic rings. The summed E-state index contributed by atoms with van der Waals surface area (Å²) in [4.78, 5) is 2.41. The Morgan fingerprint density at radius 3 is 1.70 bits per heavy atom. The first kappa shape index (κ1) is 36.4. The van der Waals surface area contributed by atoms with Gasteiger partial charge in [-0.15, -0.1) is 0 Å². The van der Waals surface area contributed by atoms with Gasteiger partial charge in [-0.25, -0.2) is 0 Å². The van der Waals surface area contributed by atoms with Crippen LogP contribution in [0.3, 0.4) is 0 Å². The van der Waals surface area contributed by atoms with Crippen LogP contribution < -0.4 is 4.90 Å². The molecule has 0 atom stereocenters. The zero-order valence-corrected chi connectivity index (χ0v) is 35.5. The Bertz CT molecular complexity index is 3170. The number of benzene rings is 8. The summed E-state index contributed by atoms with van der Waals surface area (Å²) < 4.78 is 6.45. The van der Waals surface area contributed by atoms with E-state index in [-0.39, 0.29) is 16.2 Å². The number of hydrogen-bond donors (Lipinski definition) is 0. The molecule has 0 saturated carbocycles. The molecule has 2 heteroatoms. The van der Waals surface area contributed by atoms with Crippen LogP contribution in [0.15, 0.2) is 174 Å². The highest BCUT2D eigenvalue weighted by Gasteiger charge is 2.37. The molecule has 0 aliphatic heterocycles. The molecule has 8 aromatic carbocycles. The number of fused-ring (bicyclic) bond motifs is 9. The van der Waals surface area contributed by atoms with Crippen LogP contribution >= 0.6 is 0 Å². The van der Waals surface area contributed by atoms with E-state index >= 15 is 0 Å². The van der Waals surface area contributed by atoms with Gasteiger partial charge in [0.15, 0.2) is 0 Å². The molecular weight excluding hydrogens is 727 g/mol. The van der Waals surface area contributed by atoms with E-state index < -0.39 is 0 Å². The van der Waals surface area contributed by atoms with Gasteiger partial charge in [0.25, 0.3) is 0 Å². The highest BCUT2D eigenvalue weighted by Crippen LogP contribution is 2.52. The van der Waals surface area contributed by atoms with Crippen LogP contribution in [0.5, 0.6) is 0 Å². The van der Waals surface area contributed by atoms with Crippen molar-refractivity contribution < 1.29 is 4.42 Å². The van der Waals surface area contributed by atoms with Crippen molar-refractivity contribution >= 4 is 39.0 Å². The summed E-state index contributed by atoms with van der Waals surface area (Å²) in [5, 5.41) is 2.28. The Balaban J connectivity index is 0.997. The van der Waals surface area contributed by atoms with Crippen molar-refractivity contribution in [2.24, 2.45) is 0 Å². The van der Waals surface area contributed by atoms with E-state index in [2.05, 4.69) is 211 Å². The van der Waals surface area contributed by atoms with Crippen LogP contribution in [0.1, 0.15) is 76.3 Å². The standard InChI is InChI=1S/C58H49NO/c1-56(2,3)39-24-30-46-49-33-38(23-32-51(49)58(6,7)52(46)34-39)36-19-25-40(26-20-36)59(42-29-31-45-44-13-8-10-17-50(44)57(4,5)53(45)35-42)41-27-21-37(22-28-41)43-15-12-16-48-47-14-9-11-18-54(47)60-55(43)48/h8-35H,1-7H3. The Morgan fingerprint density at radius 1 is 0.400 bits per heavy atom. The van der Waals surface area contributed by atoms with Crippen molar-refractivity contribution in [1.82, 2.24) is 0 Å². The first-order chi connectivity index (χ1) is 28.9. The minimum Gasteiger partial charge on any atom is -0.455 e. The molecule has 2 aliphatic carbocycles. The second-order valence-corrected chi connectivity index (χ2v) is 19.0. The lowest BCUT2D eigenvalue weighted by Crippen LogP contribution is -2.17. The second-order valence-electron chi connectivity index (χ2n) is 19.0. The summed E-state index contributed by atoms with van der Waals surface area (Å²) in [6.07, 6.45) is 0. The number of hydrogen-bond acceptors (Lipinski definition) is 2. The quantitative estimate of drug-likeness (QED) is 0.173. The van der Waals surface area contributed by atoms with Gasteiger partial charge in [0.05, 0.1) is 0 Å². The highest BCUT2D eigenvalue weighted by atomic mass is 16.3. The van der Waals surface area contributed by atoms with Crippen molar-refractivity contribution in [1.29, 1.82) is 0 Å². The third-order valence-corrected chi connectivity index (χ3v) is 13.7. The molecule has 2 aliphatic rings. The number of nitrogens with zero attached hydrogens (tertiary/aromatic N) is 1. The Hall–Kier alpha value is -6.64. The highest BCUT2D eigenvalue weighted by molar-refractivity contribution is 6.09. The predicted molar refractivity (Wildman–Crippen MR) is 253 cm³/mol. The van der Waals surface area contributed by atoms with Gasteiger partial charge in [-0.2, -0.15) is 0 Å². The Labute approximate surface area is 353 Å². The molecular formula is C58H49NO. The fourth-order valence-electron chi connectivity index (χ4n) is 10.2. The largest absolute Gasteiger partial charge is 0.455 e. The van der Waals surface area contributed by atoms with Gasteiger partial charge in [-0.3, -0.25) is 0 Å².